The van der Waals surface area contributed by atoms with Gasteiger partial charge in [0.2, 0.25) is 5.96 Å². The first-order valence-corrected chi connectivity index (χ1v) is 11.4. The van der Waals surface area contributed by atoms with Crippen LogP contribution in [0.25, 0.3) is 21.5 Å². The molecule has 0 bridgehead atoms. The molecule has 5 N–H and O–H groups in total. The second-order valence-electron chi connectivity index (χ2n) is 6.95. The van der Waals surface area contributed by atoms with E-state index < -0.39 is 10.1 Å². The molecule has 0 fully saturated rings. The number of nitrogens with zero attached hydrogens (tertiary/aromatic N) is 2. The Morgan fingerprint density at radius 3 is 1.88 bits per heavy atom. The van der Waals surface area contributed by atoms with Crippen molar-refractivity contribution < 1.29 is 18.2 Å². The molecule has 0 saturated carbocycles. The van der Waals surface area contributed by atoms with Gasteiger partial charge in [-0.25, -0.2) is 5.48 Å². The molecule has 4 rings (SSSR count). The Bertz CT molecular complexity index is 1400. The maximum absolute atomic E-state index is 10.5. The summed E-state index contributed by atoms with van der Waals surface area (Å²) in [4.78, 5) is -0.0666. The molecule has 0 aliphatic carbocycles. The molecule has 0 atom stereocenters. The lowest BCUT2D eigenvalue weighted by Gasteiger charge is -2.10. The van der Waals surface area contributed by atoms with Crippen molar-refractivity contribution in [1.29, 1.82) is 0 Å². The topological polar surface area (TPSA) is 137 Å². The van der Waals surface area contributed by atoms with Gasteiger partial charge in [0, 0.05) is 16.3 Å². The summed E-state index contributed by atoms with van der Waals surface area (Å²) in [5, 5.41) is 20.7. The molecule has 0 aliphatic rings. The number of halogens is 1. The molecule has 10 heteroatoms. The van der Waals surface area contributed by atoms with Gasteiger partial charge in [-0.2, -0.15) is 13.5 Å². The lowest BCUT2D eigenvalue weighted by Crippen LogP contribution is -2.27. The summed E-state index contributed by atoms with van der Waals surface area (Å²) < 4.78 is 29.6. The Hall–Kier alpha value is -3.50. The first kappa shape index (κ1) is 24.1. The molecular formula is C23H21ClN4O4S. The van der Waals surface area contributed by atoms with E-state index in [9.17, 15) is 8.42 Å². The fourth-order valence-corrected chi connectivity index (χ4v) is 3.94. The number of hydrogen-bond donors (Lipinski definition) is 4. The molecule has 33 heavy (non-hydrogen) atoms. The highest BCUT2D eigenvalue weighted by Gasteiger charge is 2.10. The molecule has 0 aromatic heterocycles. The predicted molar refractivity (Wildman–Crippen MR) is 132 cm³/mol. The van der Waals surface area contributed by atoms with Gasteiger partial charge >= 0.3 is 0 Å². The molecule has 0 aliphatic heterocycles. The van der Waals surface area contributed by atoms with Crippen LogP contribution < -0.4 is 11.2 Å². The predicted octanol–water partition coefficient (Wildman–Crippen LogP) is 4.52. The molecule has 0 radical (unpaired) electrons. The Morgan fingerprint density at radius 2 is 1.42 bits per heavy atom. The number of hydrogen-bond acceptors (Lipinski definition) is 5. The van der Waals surface area contributed by atoms with Crippen LogP contribution in [0.1, 0.15) is 11.1 Å². The summed E-state index contributed by atoms with van der Waals surface area (Å²) in [6.45, 7) is 1.84. The maximum Gasteiger partial charge on any atom is 0.294 e. The third-order valence-corrected chi connectivity index (χ3v) is 5.97. The smallest absolute Gasteiger partial charge is 0.294 e. The molecule has 0 amide bonds. The van der Waals surface area contributed by atoms with E-state index in [0.29, 0.717) is 5.02 Å². The molecule has 4 aromatic carbocycles. The second kappa shape index (κ2) is 10.4. The molecular weight excluding hydrogens is 464 g/mol. The Balaban J connectivity index is 0.000000235. The van der Waals surface area contributed by atoms with Crippen LogP contribution in [-0.4, -0.2) is 30.4 Å². The number of nitrogens with two attached hydrogens (primary N) is 1. The zero-order valence-corrected chi connectivity index (χ0v) is 19.0. The highest BCUT2D eigenvalue weighted by Crippen LogP contribution is 2.35. The summed E-state index contributed by atoms with van der Waals surface area (Å²) in [5.41, 5.74) is 8.92. The van der Waals surface area contributed by atoms with Gasteiger partial charge in [0.1, 0.15) is 0 Å². The van der Waals surface area contributed by atoms with E-state index >= 15 is 0 Å². The minimum atomic E-state index is -4.02. The molecule has 0 spiro atoms. The van der Waals surface area contributed by atoms with Crippen LogP contribution >= 0.6 is 11.6 Å². The number of guanidine groups is 1. The number of fused-ring (bicyclic) bond motifs is 2. The van der Waals surface area contributed by atoms with Crippen molar-refractivity contribution >= 4 is 55.4 Å². The van der Waals surface area contributed by atoms with E-state index in [0.717, 1.165) is 32.7 Å². The highest BCUT2D eigenvalue weighted by molar-refractivity contribution is 7.85. The van der Waals surface area contributed by atoms with Crippen LogP contribution in [0.3, 0.4) is 0 Å². The zero-order chi connectivity index (χ0) is 24.0. The monoisotopic (exact) mass is 484 g/mol. The highest BCUT2D eigenvalue weighted by atomic mass is 35.5. The fraction of sp³-hybridized carbons (Fsp3) is 0.0435. The van der Waals surface area contributed by atoms with E-state index in [2.05, 4.69) is 10.2 Å². The third-order valence-electron chi connectivity index (χ3n) is 4.69. The van der Waals surface area contributed by atoms with Crippen molar-refractivity contribution in [2.45, 2.75) is 11.8 Å². The van der Waals surface area contributed by atoms with Crippen molar-refractivity contribution in [3.63, 3.8) is 0 Å². The van der Waals surface area contributed by atoms with Crippen molar-refractivity contribution in [3.05, 3.63) is 88.9 Å². The van der Waals surface area contributed by atoms with Gasteiger partial charge in [-0.3, -0.25) is 9.76 Å². The molecule has 4 aromatic rings. The van der Waals surface area contributed by atoms with Crippen molar-refractivity contribution in [2.24, 2.45) is 15.9 Å². The average Bonchev–Trinajstić information content (AvgIpc) is 2.81. The first-order chi connectivity index (χ1) is 15.7. The van der Waals surface area contributed by atoms with E-state index in [1.54, 1.807) is 23.8 Å². The van der Waals surface area contributed by atoms with Gasteiger partial charge < -0.3 is 5.73 Å². The number of benzene rings is 4. The number of rotatable bonds is 3. The molecule has 0 unspecified atom stereocenters. The largest absolute Gasteiger partial charge is 0.367 e. The molecule has 8 nitrogen and oxygen atoms in total. The fourth-order valence-electron chi connectivity index (χ4n) is 3.13. The average molecular weight is 485 g/mol. The van der Waals surface area contributed by atoms with Crippen LogP contribution in [0, 0.1) is 6.92 Å². The summed E-state index contributed by atoms with van der Waals surface area (Å²) in [7, 11) is -4.02. The number of aryl methyl sites for hydroxylation is 1. The quantitative estimate of drug-likeness (QED) is 0.111. The van der Waals surface area contributed by atoms with E-state index in [1.807, 2.05) is 55.5 Å². The van der Waals surface area contributed by atoms with Crippen molar-refractivity contribution in [3.8, 4) is 0 Å². The summed E-state index contributed by atoms with van der Waals surface area (Å²) >= 11 is 6.52. The molecule has 170 valence electrons. The van der Waals surface area contributed by atoms with Crippen LogP contribution in [0.2, 0.25) is 5.02 Å². The van der Waals surface area contributed by atoms with Gasteiger partial charge in [0.25, 0.3) is 10.1 Å². The summed E-state index contributed by atoms with van der Waals surface area (Å²) in [5.74, 6) is -0.182. The lowest BCUT2D eigenvalue weighted by molar-refractivity contribution is 0.232. The van der Waals surface area contributed by atoms with E-state index in [-0.39, 0.29) is 10.9 Å². The van der Waals surface area contributed by atoms with E-state index in [1.165, 1.54) is 12.1 Å². The molecule has 0 heterocycles. The van der Waals surface area contributed by atoms with Gasteiger partial charge in [-0.05, 0) is 29.8 Å². The standard InChI is InChI=1S/C16H13ClN4O.C7H8O3S/c17-15-12-7-3-1-5-10(12)14(9-19-20-16(18)21-22)11-6-2-4-8-13(11)15;1-6-2-4-7(5-3-6)11(8,9)10/h1-9,22H,(H3,18,20,21);2-5H,1H3,(H,8,9,10)/b19-9-;. The van der Waals surface area contributed by atoms with Crippen LogP contribution in [0.5, 0.6) is 0 Å². The van der Waals surface area contributed by atoms with Gasteiger partial charge in [-0.1, -0.05) is 77.8 Å². The van der Waals surface area contributed by atoms with Crippen molar-refractivity contribution in [1.82, 2.24) is 5.48 Å². The summed E-state index contributed by atoms with van der Waals surface area (Å²) in [6.07, 6.45) is 1.60. The lowest BCUT2D eigenvalue weighted by atomic mass is 9.97. The minimum absolute atomic E-state index is 0.0666. The Morgan fingerprint density at radius 1 is 0.939 bits per heavy atom. The molecule has 0 saturated heterocycles. The van der Waals surface area contributed by atoms with Crippen LogP contribution in [0.15, 0.2) is 87.9 Å². The second-order valence-corrected chi connectivity index (χ2v) is 8.75. The summed E-state index contributed by atoms with van der Waals surface area (Å²) in [6, 6.07) is 21.6. The van der Waals surface area contributed by atoms with Gasteiger partial charge in [-0.15, -0.1) is 5.10 Å². The normalized spacial score (nSPS) is 12.1. The van der Waals surface area contributed by atoms with Crippen LogP contribution in [-0.2, 0) is 10.1 Å². The van der Waals surface area contributed by atoms with Crippen molar-refractivity contribution in [2.75, 3.05) is 0 Å². The van der Waals surface area contributed by atoms with E-state index in [4.69, 9.17) is 27.1 Å². The van der Waals surface area contributed by atoms with Gasteiger partial charge in [0.15, 0.2) is 0 Å². The third kappa shape index (κ3) is 5.85. The first-order valence-electron chi connectivity index (χ1n) is 9.62. The Kier molecular flexibility index (Phi) is 7.62. The minimum Gasteiger partial charge on any atom is -0.367 e. The van der Waals surface area contributed by atoms with Crippen LogP contribution in [0.4, 0.5) is 0 Å². The maximum atomic E-state index is 10.5. The Labute approximate surface area is 195 Å². The number of nitrogens with one attached hydrogen (secondary N) is 1. The zero-order valence-electron chi connectivity index (χ0n) is 17.5. The SMILES string of the molecule is Cc1ccc(S(=O)(=O)O)cc1.N/C(=N\N=C/c1c2ccccc2c(Cl)c2ccccc12)NO. The number of hydroxylamine groups is 1. The van der Waals surface area contributed by atoms with Gasteiger partial charge in [0.05, 0.1) is 16.1 Å².